The Hall–Kier alpha value is -3.08. The smallest absolute Gasteiger partial charge is 0.310 e. The van der Waals surface area contributed by atoms with Crippen molar-refractivity contribution in [1.29, 1.82) is 0 Å². The number of aliphatic hydroxyl groups is 1. The highest BCUT2D eigenvalue weighted by Crippen LogP contribution is 2.32. The number of benzene rings is 2. The molecular formula is C40H58ClFN4O4. The lowest BCUT2D eigenvalue weighted by Crippen LogP contribution is -2.38. The molecular weight excluding hydrogens is 655 g/mol. The Morgan fingerprint density at radius 2 is 1.38 bits per heavy atom. The van der Waals surface area contributed by atoms with E-state index in [1.54, 1.807) is 0 Å². The topological polar surface area (TPSA) is 124 Å². The second kappa shape index (κ2) is 21.3. The van der Waals surface area contributed by atoms with Crippen LogP contribution in [-0.2, 0) is 22.6 Å². The van der Waals surface area contributed by atoms with Crippen molar-refractivity contribution in [2.24, 2.45) is 29.2 Å². The number of carbonyl (C=O) groups excluding carboxylic acids is 1. The molecule has 0 bridgehead atoms. The van der Waals surface area contributed by atoms with Gasteiger partial charge in [0.15, 0.2) is 0 Å². The summed E-state index contributed by atoms with van der Waals surface area (Å²) in [4.78, 5) is 17.3. The Balaban J connectivity index is 0.000000222. The Kier molecular flexibility index (Phi) is 17.6. The van der Waals surface area contributed by atoms with Crippen LogP contribution in [0.1, 0.15) is 80.0 Å². The van der Waals surface area contributed by atoms with Crippen molar-refractivity contribution in [1.82, 2.24) is 9.88 Å². The van der Waals surface area contributed by atoms with Gasteiger partial charge in [-0.2, -0.15) is 0 Å². The number of nitrogens with two attached hydrogens (primary N) is 2. The molecule has 0 amide bonds. The molecule has 6 atom stereocenters. The second-order valence-electron chi connectivity index (χ2n) is 14.0. The average Bonchev–Trinajstić information content (AvgIpc) is 3.87. The number of pyridine rings is 1. The van der Waals surface area contributed by atoms with Crippen molar-refractivity contribution in [2.45, 2.75) is 103 Å². The lowest BCUT2D eigenvalue weighted by molar-refractivity contribution is -0.145. The number of aromatic nitrogens is 1. The summed E-state index contributed by atoms with van der Waals surface area (Å²) in [6.45, 7) is 7.06. The summed E-state index contributed by atoms with van der Waals surface area (Å²) in [5.41, 5.74) is 16.9. The van der Waals surface area contributed by atoms with E-state index in [2.05, 4.69) is 77.0 Å². The van der Waals surface area contributed by atoms with Gasteiger partial charge in [-0.05, 0) is 75.5 Å². The first kappa shape index (κ1) is 41.3. The third-order valence-electron chi connectivity index (χ3n) is 10.3. The monoisotopic (exact) mass is 712 g/mol. The van der Waals surface area contributed by atoms with Crippen molar-refractivity contribution >= 4 is 18.4 Å². The molecule has 3 saturated carbocycles. The maximum absolute atomic E-state index is 12.6. The number of hydrogen-bond acceptors (Lipinski definition) is 8. The SMILES string of the molecule is COC(=O)[C@H]1CCC[C@@H]1N.Cc1ccc(CN(Cc2ccc(C)cc2)[C@H]2CCC[C@@H]2CO)cc1.Cl.N[C@H]1CCC[C@@H]1COc1ccc(F)cn1. The fourth-order valence-electron chi connectivity index (χ4n) is 7.20. The number of hydrogen-bond donors (Lipinski definition) is 3. The number of rotatable bonds is 10. The Labute approximate surface area is 304 Å². The van der Waals surface area contributed by atoms with Crippen LogP contribution in [0.2, 0.25) is 0 Å². The minimum atomic E-state index is -0.347. The van der Waals surface area contributed by atoms with Crippen molar-refractivity contribution < 1.29 is 23.8 Å². The molecule has 276 valence electrons. The van der Waals surface area contributed by atoms with Gasteiger partial charge in [0, 0.05) is 49.8 Å². The van der Waals surface area contributed by atoms with Crippen LogP contribution in [0.5, 0.6) is 5.88 Å². The minimum absolute atomic E-state index is 0. The molecule has 0 unspecified atom stereocenters. The van der Waals surface area contributed by atoms with E-state index < -0.39 is 0 Å². The van der Waals surface area contributed by atoms with Crippen molar-refractivity contribution in [3.05, 3.63) is 94.9 Å². The zero-order valence-corrected chi connectivity index (χ0v) is 30.8. The van der Waals surface area contributed by atoms with Gasteiger partial charge < -0.3 is 26.0 Å². The van der Waals surface area contributed by atoms with Crippen LogP contribution in [0.3, 0.4) is 0 Å². The summed E-state index contributed by atoms with van der Waals surface area (Å²) >= 11 is 0. The first-order valence-electron chi connectivity index (χ1n) is 18.0. The molecule has 8 nitrogen and oxygen atoms in total. The number of nitrogens with zero attached hydrogens (tertiary/aromatic N) is 2. The summed E-state index contributed by atoms with van der Waals surface area (Å²) in [5.74, 6) is 0.767. The first-order valence-corrected chi connectivity index (χ1v) is 18.0. The van der Waals surface area contributed by atoms with E-state index in [1.807, 2.05) is 0 Å². The van der Waals surface area contributed by atoms with E-state index in [1.165, 1.54) is 60.8 Å². The lowest BCUT2D eigenvalue weighted by atomic mass is 10.0. The fourth-order valence-corrected chi connectivity index (χ4v) is 7.20. The summed E-state index contributed by atoms with van der Waals surface area (Å²) in [7, 11) is 1.41. The van der Waals surface area contributed by atoms with Gasteiger partial charge in [-0.15, -0.1) is 12.4 Å². The predicted octanol–water partition coefficient (Wildman–Crippen LogP) is 6.90. The molecule has 1 aromatic heterocycles. The van der Waals surface area contributed by atoms with Crippen molar-refractivity contribution in [3.63, 3.8) is 0 Å². The van der Waals surface area contributed by atoms with Gasteiger partial charge in [0.25, 0.3) is 0 Å². The van der Waals surface area contributed by atoms with Crippen molar-refractivity contribution in [3.8, 4) is 5.88 Å². The quantitative estimate of drug-likeness (QED) is 0.194. The first-order chi connectivity index (χ1) is 23.7. The third kappa shape index (κ3) is 12.9. The summed E-state index contributed by atoms with van der Waals surface area (Å²) in [6, 6.07) is 21.4. The Morgan fingerprint density at radius 3 is 1.86 bits per heavy atom. The lowest BCUT2D eigenvalue weighted by Gasteiger charge is -2.33. The molecule has 0 aliphatic heterocycles. The van der Waals surface area contributed by atoms with E-state index in [9.17, 15) is 14.3 Å². The second-order valence-corrected chi connectivity index (χ2v) is 14.0. The van der Waals surface area contributed by atoms with Crippen molar-refractivity contribution in [2.75, 3.05) is 20.3 Å². The van der Waals surface area contributed by atoms with Gasteiger partial charge in [0.2, 0.25) is 5.88 Å². The van der Waals surface area contributed by atoms with Gasteiger partial charge >= 0.3 is 5.97 Å². The van der Waals surface area contributed by atoms with Crippen LogP contribution in [0.15, 0.2) is 66.9 Å². The Morgan fingerprint density at radius 1 is 0.820 bits per heavy atom. The molecule has 2 aromatic carbocycles. The molecule has 3 fully saturated rings. The highest BCUT2D eigenvalue weighted by atomic mass is 35.5. The maximum atomic E-state index is 12.6. The molecule has 0 saturated heterocycles. The van der Waals surface area contributed by atoms with Crippen LogP contribution < -0.4 is 16.2 Å². The van der Waals surface area contributed by atoms with E-state index >= 15 is 0 Å². The molecule has 0 spiro atoms. The molecule has 5 N–H and O–H groups in total. The zero-order chi connectivity index (χ0) is 35.2. The summed E-state index contributed by atoms with van der Waals surface area (Å²) in [6.07, 6.45) is 11.0. The van der Waals surface area contributed by atoms with Gasteiger partial charge in [-0.25, -0.2) is 9.37 Å². The standard InChI is InChI=1S/C22H29NO.C11H15FN2O.C7H13NO2.ClH/c1-17-6-10-19(11-7-17)14-23(22-5-3-4-21(22)16-24)15-20-12-8-18(2)9-13-20;12-9-4-5-11(14-6-9)15-7-8-2-1-3-10(8)13;1-10-7(9)5-3-2-4-6(5)8;/h6-13,21-22,24H,3-5,14-16H2,1-2H3;4-6,8,10H,1-3,7,13H2;5-6H,2-4,8H2,1H3;1H/t21-,22+;8-,10+;5-,6-;/m110./s1. The number of halogens is 2. The van der Waals surface area contributed by atoms with Crippen LogP contribution >= 0.6 is 12.4 Å². The molecule has 3 aromatic rings. The van der Waals surface area contributed by atoms with Gasteiger partial charge in [-0.1, -0.05) is 78.9 Å². The number of aryl methyl sites for hydroxylation is 2. The maximum Gasteiger partial charge on any atom is 0.310 e. The number of aliphatic hydroxyl groups excluding tert-OH is 1. The Bertz CT molecular complexity index is 1350. The van der Waals surface area contributed by atoms with Gasteiger partial charge in [-0.3, -0.25) is 9.69 Å². The highest BCUT2D eigenvalue weighted by molar-refractivity contribution is 5.85. The fraction of sp³-hybridized carbons (Fsp3) is 0.550. The largest absolute Gasteiger partial charge is 0.477 e. The predicted molar refractivity (Wildman–Crippen MR) is 199 cm³/mol. The van der Waals surface area contributed by atoms with Crippen LogP contribution in [0, 0.1) is 37.4 Å². The van der Waals surface area contributed by atoms with Gasteiger partial charge in [0.05, 0.1) is 25.8 Å². The minimum Gasteiger partial charge on any atom is -0.477 e. The highest BCUT2D eigenvalue weighted by Gasteiger charge is 2.32. The molecule has 50 heavy (non-hydrogen) atoms. The normalized spacial score (nSPS) is 24.0. The molecule has 6 rings (SSSR count). The number of carbonyl (C=O) groups is 1. The molecule has 0 radical (unpaired) electrons. The molecule has 3 aliphatic carbocycles. The van der Waals surface area contributed by atoms with E-state index in [0.717, 1.165) is 57.8 Å². The van der Waals surface area contributed by atoms with E-state index in [-0.39, 0.29) is 42.2 Å². The summed E-state index contributed by atoms with van der Waals surface area (Å²) in [5, 5.41) is 9.76. The van der Waals surface area contributed by atoms with E-state index in [4.69, 9.17) is 16.2 Å². The number of methoxy groups -OCH3 is 1. The zero-order valence-electron chi connectivity index (χ0n) is 30.0. The van der Waals surface area contributed by atoms with Crippen LogP contribution in [0.4, 0.5) is 4.39 Å². The third-order valence-corrected chi connectivity index (χ3v) is 10.3. The molecule has 1 heterocycles. The summed E-state index contributed by atoms with van der Waals surface area (Å²) < 4.78 is 22.6. The average molecular weight is 713 g/mol. The number of ether oxygens (including phenoxy) is 2. The molecule has 10 heteroatoms. The number of esters is 1. The van der Waals surface area contributed by atoms with E-state index in [0.29, 0.717) is 37.0 Å². The van der Waals surface area contributed by atoms with Crippen LogP contribution in [-0.4, -0.2) is 59.4 Å². The van der Waals surface area contributed by atoms with Crippen LogP contribution in [0.25, 0.3) is 0 Å². The molecule has 3 aliphatic rings. The van der Waals surface area contributed by atoms with Gasteiger partial charge in [0.1, 0.15) is 5.82 Å².